The van der Waals surface area contributed by atoms with Crippen LogP contribution in [0.1, 0.15) is 39.0 Å². The zero-order valence-electron chi connectivity index (χ0n) is 9.17. The molecular formula is C11H21IO2. The SMILES string of the molecule is COCC(C)OC1CCCCCC1I. The van der Waals surface area contributed by atoms with Gasteiger partial charge in [0.25, 0.3) is 0 Å². The second-order valence-electron chi connectivity index (χ2n) is 4.09. The minimum Gasteiger partial charge on any atom is -0.382 e. The number of methoxy groups -OCH3 is 1. The van der Waals surface area contributed by atoms with Crippen LogP contribution in [0, 0.1) is 0 Å². The van der Waals surface area contributed by atoms with E-state index in [4.69, 9.17) is 9.47 Å². The Bertz CT molecular complexity index is 152. The van der Waals surface area contributed by atoms with Crippen LogP contribution in [0.5, 0.6) is 0 Å². The molecular weight excluding hydrogens is 291 g/mol. The molecule has 0 aromatic heterocycles. The number of alkyl halides is 1. The fourth-order valence-corrected chi connectivity index (χ4v) is 2.92. The predicted octanol–water partition coefficient (Wildman–Crippen LogP) is 3.17. The van der Waals surface area contributed by atoms with Crippen molar-refractivity contribution in [2.75, 3.05) is 13.7 Å². The van der Waals surface area contributed by atoms with Crippen LogP contribution in [0.25, 0.3) is 0 Å². The maximum absolute atomic E-state index is 5.99. The van der Waals surface area contributed by atoms with Gasteiger partial charge in [-0.2, -0.15) is 0 Å². The fourth-order valence-electron chi connectivity index (χ4n) is 1.95. The first-order chi connectivity index (χ1) is 6.74. The largest absolute Gasteiger partial charge is 0.382 e. The highest BCUT2D eigenvalue weighted by Gasteiger charge is 2.23. The van der Waals surface area contributed by atoms with Gasteiger partial charge in [0.05, 0.1) is 18.8 Å². The average molecular weight is 312 g/mol. The summed E-state index contributed by atoms with van der Waals surface area (Å²) in [6, 6.07) is 0. The molecule has 1 fully saturated rings. The number of ether oxygens (including phenoxy) is 2. The van der Waals surface area contributed by atoms with E-state index in [1.807, 2.05) is 0 Å². The van der Waals surface area contributed by atoms with Gasteiger partial charge in [0.15, 0.2) is 0 Å². The molecule has 84 valence electrons. The Morgan fingerprint density at radius 2 is 2.00 bits per heavy atom. The van der Waals surface area contributed by atoms with Crippen molar-refractivity contribution in [2.45, 2.75) is 55.2 Å². The van der Waals surface area contributed by atoms with Gasteiger partial charge in [-0.05, 0) is 19.8 Å². The second kappa shape index (κ2) is 7.01. The van der Waals surface area contributed by atoms with Gasteiger partial charge in [0.1, 0.15) is 0 Å². The van der Waals surface area contributed by atoms with Crippen molar-refractivity contribution in [3.63, 3.8) is 0 Å². The van der Waals surface area contributed by atoms with Gasteiger partial charge in [0.2, 0.25) is 0 Å². The van der Waals surface area contributed by atoms with Gasteiger partial charge >= 0.3 is 0 Å². The Kier molecular flexibility index (Phi) is 6.37. The molecule has 0 radical (unpaired) electrons. The topological polar surface area (TPSA) is 18.5 Å². The van der Waals surface area contributed by atoms with Gasteiger partial charge in [-0.1, -0.05) is 41.9 Å². The monoisotopic (exact) mass is 312 g/mol. The first-order valence-corrected chi connectivity index (χ1v) is 6.77. The van der Waals surface area contributed by atoms with Gasteiger partial charge in [0, 0.05) is 11.0 Å². The minimum absolute atomic E-state index is 0.236. The molecule has 0 N–H and O–H groups in total. The third-order valence-electron chi connectivity index (χ3n) is 2.68. The molecule has 3 heteroatoms. The highest BCUT2D eigenvalue weighted by atomic mass is 127. The lowest BCUT2D eigenvalue weighted by molar-refractivity contribution is -0.0395. The van der Waals surface area contributed by atoms with E-state index in [1.165, 1.54) is 32.1 Å². The average Bonchev–Trinajstić information content (AvgIpc) is 2.33. The van der Waals surface area contributed by atoms with Gasteiger partial charge < -0.3 is 9.47 Å². The van der Waals surface area contributed by atoms with Crippen molar-refractivity contribution in [3.05, 3.63) is 0 Å². The molecule has 2 nitrogen and oxygen atoms in total. The van der Waals surface area contributed by atoms with Crippen LogP contribution in [0.4, 0.5) is 0 Å². The molecule has 0 spiro atoms. The first kappa shape index (κ1) is 12.7. The van der Waals surface area contributed by atoms with E-state index >= 15 is 0 Å². The van der Waals surface area contributed by atoms with Gasteiger partial charge in [-0.15, -0.1) is 0 Å². The molecule has 1 rings (SSSR count). The predicted molar refractivity (Wildman–Crippen MR) is 67.1 cm³/mol. The summed E-state index contributed by atoms with van der Waals surface area (Å²) >= 11 is 2.54. The van der Waals surface area contributed by atoms with Gasteiger partial charge in [-0.3, -0.25) is 0 Å². The van der Waals surface area contributed by atoms with E-state index in [0.717, 1.165) is 0 Å². The van der Waals surface area contributed by atoms with Crippen LogP contribution in [-0.4, -0.2) is 29.8 Å². The van der Waals surface area contributed by atoms with E-state index in [1.54, 1.807) is 7.11 Å². The van der Waals surface area contributed by atoms with Crippen LogP contribution >= 0.6 is 22.6 Å². The molecule has 0 saturated heterocycles. The summed E-state index contributed by atoms with van der Waals surface area (Å²) in [6.45, 7) is 2.80. The lowest BCUT2D eigenvalue weighted by Crippen LogP contribution is -2.29. The molecule has 1 saturated carbocycles. The molecule has 1 aliphatic rings. The van der Waals surface area contributed by atoms with E-state index in [9.17, 15) is 0 Å². The zero-order chi connectivity index (χ0) is 10.4. The Balaban J connectivity index is 2.32. The molecule has 14 heavy (non-hydrogen) atoms. The maximum atomic E-state index is 5.99. The number of hydrogen-bond donors (Lipinski definition) is 0. The summed E-state index contributed by atoms with van der Waals surface area (Å²) in [5.41, 5.74) is 0. The van der Waals surface area contributed by atoms with Crippen molar-refractivity contribution in [1.29, 1.82) is 0 Å². The molecule has 3 unspecified atom stereocenters. The number of hydrogen-bond acceptors (Lipinski definition) is 2. The third kappa shape index (κ3) is 4.45. The number of halogens is 1. The van der Waals surface area contributed by atoms with Crippen molar-refractivity contribution in [2.24, 2.45) is 0 Å². The molecule has 0 aromatic carbocycles. The Hall–Kier alpha value is 0.650. The number of rotatable bonds is 4. The molecule has 3 atom stereocenters. The summed E-state index contributed by atoms with van der Waals surface area (Å²) in [7, 11) is 1.73. The summed E-state index contributed by atoms with van der Waals surface area (Å²) in [5.74, 6) is 0. The Labute approximate surface area is 101 Å². The van der Waals surface area contributed by atoms with Gasteiger partial charge in [-0.25, -0.2) is 0 Å². The molecule has 0 heterocycles. The molecule has 0 aromatic rings. The van der Waals surface area contributed by atoms with Crippen LogP contribution < -0.4 is 0 Å². The fraction of sp³-hybridized carbons (Fsp3) is 1.00. The minimum atomic E-state index is 0.236. The summed E-state index contributed by atoms with van der Waals surface area (Å²) in [6.07, 6.45) is 7.28. The van der Waals surface area contributed by atoms with Crippen LogP contribution in [0.15, 0.2) is 0 Å². The third-order valence-corrected chi connectivity index (χ3v) is 4.11. The van der Waals surface area contributed by atoms with E-state index in [-0.39, 0.29) is 6.10 Å². The first-order valence-electron chi connectivity index (χ1n) is 5.52. The van der Waals surface area contributed by atoms with Crippen molar-refractivity contribution >= 4 is 22.6 Å². The quantitative estimate of drug-likeness (QED) is 0.451. The van der Waals surface area contributed by atoms with E-state index < -0.39 is 0 Å². The summed E-state index contributed by atoms with van der Waals surface area (Å²) in [5, 5.41) is 0. The summed E-state index contributed by atoms with van der Waals surface area (Å²) in [4.78, 5) is 0. The smallest absolute Gasteiger partial charge is 0.0784 e. The van der Waals surface area contributed by atoms with Crippen LogP contribution in [0.2, 0.25) is 0 Å². The standard InChI is InChI=1S/C11H21IO2/c1-9(8-13-2)14-11-7-5-3-4-6-10(11)12/h9-11H,3-8H2,1-2H3. The Morgan fingerprint density at radius 1 is 1.29 bits per heavy atom. The van der Waals surface area contributed by atoms with E-state index in [2.05, 4.69) is 29.5 Å². The van der Waals surface area contributed by atoms with Crippen LogP contribution in [0.3, 0.4) is 0 Å². The second-order valence-corrected chi connectivity index (χ2v) is 5.69. The normalized spacial score (nSPS) is 31.1. The molecule has 1 aliphatic carbocycles. The lowest BCUT2D eigenvalue weighted by Gasteiger charge is -2.24. The Morgan fingerprint density at radius 3 is 2.71 bits per heavy atom. The highest BCUT2D eigenvalue weighted by Crippen LogP contribution is 2.27. The van der Waals surface area contributed by atoms with Crippen molar-refractivity contribution < 1.29 is 9.47 Å². The van der Waals surface area contributed by atoms with Crippen molar-refractivity contribution in [3.8, 4) is 0 Å². The molecule has 0 bridgehead atoms. The zero-order valence-corrected chi connectivity index (χ0v) is 11.3. The molecule has 0 amide bonds. The highest BCUT2D eigenvalue weighted by molar-refractivity contribution is 14.1. The summed E-state index contributed by atoms with van der Waals surface area (Å²) < 4.78 is 11.8. The molecule has 0 aliphatic heterocycles. The van der Waals surface area contributed by atoms with Crippen LogP contribution in [-0.2, 0) is 9.47 Å². The lowest BCUT2D eigenvalue weighted by atomic mass is 10.1. The van der Waals surface area contributed by atoms with Crippen molar-refractivity contribution in [1.82, 2.24) is 0 Å². The van der Waals surface area contributed by atoms with E-state index in [0.29, 0.717) is 16.6 Å². The maximum Gasteiger partial charge on any atom is 0.0784 e.